The number of benzene rings is 2. The van der Waals surface area contributed by atoms with Gasteiger partial charge in [0, 0.05) is 26.7 Å². The minimum Gasteiger partial charge on any atom is -0.352 e. The predicted octanol–water partition coefficient (Wildman–Crippen LogP) is 2.94. The Kier molecular flexibility index (Phi) is 7.50. The lowest BCUT2D eigenvalue weighted by molar-refractivity contribution is 0.234. The van der Waals surface area contributed by atoms with Crippen LogP contribution in [0.5, 0.6) is 0 Å². The molecule has 0 saturated carbocycles. The molecule has 2 unspecified atom stereocenters. The Morgan fingerprint density at radius 1 is 1.13 bits per heavy atom. The SMILES string of the molecule is CN=C(NCc1cccc(CS(=O)(=O)NC)c1)N1CCC(c2ccccc2)C(C)C1. The fourth-order valence-corrected chi connectivity index (χ4v) is 4.93. The van der Waals surface area contributed by atoms with Gasteiger partial charge in [-0.15, -0.1) is 0 Å². The number of rotatable bonds is 6. The van der Waals surface area contributed by atoms with Crippen LogP contribution < -0.4 is 10.0 Å². The van der Waals surface area contributed by atoms with E-state index in [-0.39, 0.29) is 5.75 Å². The number of hydrogen-bond donors (Lipinski definition) is 2. The summed E-state index contributed by atoms with van der Waals surface area (Å²) < 4.78 is 26.0. The molecule has 0 aromatic heterocycles. The van der Waals surface area contributed by atoms with Gasteiger partial charge in [-0.25, -0.2) is 13.1 Å². The van der Waals surface area contributed by atoms with Crippen LogP contribution in [0.1, 0.15) is 36.0 Å². The zero-order chi connectivity index (χ0) is 21.6. The molecule has 0 amide bonds. The number of aliphatic imine (C=N–C) groups is 1. The van der Waals surface area contributed by atoms with Crippen LogP contribution in [-0.2, 0) is 22.3 Å². The van der Waals surface area contributed by atoms with E-state index in [2.05, 4.69) is 57.2 Å². The quantitative estimate of drug-likeness (QED) is 0.548. The molecule has 0 spiro atoms. The van der Waals surface area contributed by atoms with Gasteiger partial charge in [0.1, 0.15) is 0 Å². The molecule has 1 heterocycles. The largest absolute Gasteiger partial charge is 0.352 e. The van der Waals surface area contributed by atoms with Crippen LogP contribution in [0.3, 0.4) is 0 Å². The molecular formula is C23H32N4O2S. The van der Waals surface area contributed by atoms with Crippen LogP contribution >= 0.6 is 0 Å². The van der Waals surface area contributed by atoms with E-state index in [1.807, 2.05) is 31.3 Å². The third-order valence-electron chi connectivity index (χ3n) is 5.75. The average Bonchev–Trinajstić information content (AvgIpc) is 2.75. The lowest BCUT2D eigenvalue weighted by atomic mass is 9.82. The minimum atomic E-state index is -3.28. The summed E-state index contributed by atoms with van der Waals surface area (Å²) in [5, 5.41) is 3.45. The predicted molar refractivity (Wildman–Crippen MR) is 123 cm³/mol. The zero-order valence-corrected chi connectivity index (χ0v) is 18.8. The van der Waals surface area contributed by atoms with Crippen molar-refractivity contribution in [3.63, 3.8) is 0 Å². The van der Waals surface area contributed by atoms with Crippen LogP contribution in [0.4, 0.5) is 0 Å². The molecule has 1 fully saturated rings. The monoisotopic (exact) mass is 428 g/mol. The molecule has 3 rings (SSSR count). The molecule has 6 nitrogen and oxygen atoms in total. The van der Waals surface area contributed by atoms with Gasteiger partial charge in [-0.1, -0.05) is 61.5 Å². The van der Waals surface area contributed by atoms with Gasteiger partial charge in [-0.05, 0) is 42.0 Å². The standard InChI is InChI=1S/C23H32N4O2S/c1-18-16-27(13-12-22(18)21-10-5-4-6-11-21)23(24-2)26-15-19-8-7-9-20(14-19)17-30(28,29)25-3/h4-11,14,18,22,25H,12-13,15-17H2,1-3H3,(H,24,26). The molecule has 2 aromatic rings. The van der Waals surface area contributed by atoms with Gasteiger partial charge in [-0.2, -0.15) is 0 Å². The smallest absolute Gasteiger partial charge is 0.215 e. The highest BCUT2D eigenvalue weighted by molar-refractivity contribution is 7.88. The zero-order valence-electron chi connectivity index (χ0n) is 18.0. The van der Waals surface area contributed by atoms with E-state index in [1.165, 1.54) is 12.6 Å². The van der Waals surface area contributed by atoms with Crippen molar-refractivity contribution in [3.8, 4) is 0 Å². The summed E-state index contributed by atoms with van der Waals surface area (Å²) in [6.45, 7) is 4.83. The van der Waals surface area contributed by atoms with Crippen molar-refractivity contribution in [2.45, 2.75) is 31.6 Å². The second kappa shape index (κ2) is 10.1. The molecule has 2 aromatic carbocycles. The number of sulfonamides is 1. The third-order valence-corrected chi connectivity index (χ3v) is 7.09. The van der Waals surface area contributed by atoms with Gasteiger partial charge >= 0.3 is 0 Å². The first-order valence-corrected chi connectivity index (χ1v) is 12.1. The number of nitrogens with one attached hydrogen (secondary N) is 2. The summed E-state index contributed by atoms with van der Waals surface area (Å²) in [5.41, 5.74) is 3.23. The lowest BCUT2D eigenvalue weighted by Crippen LogP contribution is -2.47. The highest BCUT2D eigenvalue weighted by Gasteiger charge is 2.28. The van der Waals surface area contributed by atoms with Crippen LogP contribution in [0.15, 0.2) is 59.6 Å². The van der Waals surface area contributed by atoms with Crippen molar-refractivity contribution in [3.05, 3.63) is 71.3 Å². The first kappa shape index (κ1) is 22.3. The average molecular weight is 429 g/mol. The molecule has 30 heavy (non-hydrogen) atoms. The highest BCUT2D eigenvalue weighted by atomic mass is 32.2. The summed E-state index contributed by atoms with van der Waals surface area (Å²) in [4.78, 5) is 6.80. The van der Waals surface area contributed by atoms with Gasteiger partial charge in [0.05, 0.1) is 5.75 Å². The van der Waals surface area contributed by atoms with Crippen LogP contribution in [0, 0.1) is 5.92 Å². The van der Waals surface area contributed by atoms with E-state index in [1.54, 1.807) is 0 Å². The molecule has 1 aliphatic heterocycles. The third kappa shape index (κ3) is 5.83. The van der Waals surface area contributed by atoms with Crippen LogP contribution in [-0.4, -0.2) is 46.5 Å². The molecule has 2 atom stereocenters. The molecule has 0 bridgehead atoms. The van der Waals surface area contributed by atoms with E-state index >= 15 is 0 Å². The summed E-state index contributed by atoms with van der Waals surface area (Å²) >= 11 is 0. The van der Waals surface area contributed by atoms with E-state index in [0.29, 0.717) is 18.4 Å². The van der Waals surface area contributed by atoms with E-state index in [0.717, 1.165) is 36.6 Å². The van der Waals surface area contributed by atoms with E-state index < -0.39 is 10.0 Å². The van der Waals surface area contributed by atoms with Crippen molar-refractivity contribution < 1.29 is 8.42 Å². The Bertz CT molecular complexity index is 960. The molecule has 1 aliphatic rings. The van der Waals surface area contributed by atoms with Crippen molar-refractivity contribution in [1.82, 2.24) is 14.9 Å². The van der Waals surface area contributed by atoms with Crippen molar-refractivity contribution >= 4 is 16.0 Å². The van der Waals surface area contributed by atoms with Gasteiger partial charge in [-0.3, -0.25) is 4.99 Å². The fraction of sp³-hybridized carbons (Fsp3) is 0.435. The Labute approximate surface area is 180 Å². The Morgan fingerprint density at radius 2 is 1.87 bits per heavy atom. The molecule has 7 heteroatoms. The lowest BCUT2D eigenvalue weighted by Gasteiger charge is -2.39. The Hall–Kier alpha value is -2.38. The maximum atomic E-state index is 11.8. The number of piperidine rings is 1. The van der Waals surface area contributed by atoms with Gasteiger partial charge in [0.15, 0.2) is 5.96 Å². The van der Waals surface area contributed by atoms with Crippen molar-refractivity contribution in [2.24, 2.45) is 10.9 Å². The Morgan fingerprint density at radius 3 is 2.53 bits per heavy atom. The molecule has 0 aliphatic carbocycles. The molecule has 162 valence electrons. The molecule has 1 saturated heterocycles. The highest BCUT2D eigenvalue weighted by Crippen LogP contribution is 2.32. The van der Waals surface area contributed by atoms with Gasteiger partial charge in [0.25, 0.3) is 0 Å². The number of nitrogens with zero attached hydrogens (tertiary/aromatic N) is 2. The number of likely N-dealkylation sites (tertiary alicyclic amines) is 1. The van der Waals surface area contributed by atoms with E-state index in [9.17, 15) is 8.42 Å². The number of hydrogen-bond acceptors (Lipinski definition) is 3. The first-order valence-electron chi connectivity index (χ1n) is 10.4. The van der Waals surface area contributed by atoms with Crippen LogP contribution in [0.2, 0.25) is 0 Å². The Balaban J connectivity index is 1.59. The van der Waals surface area contributed by atoms with Crippen molar-refractivity contribution in [1.29, 1.82) is 0 Å². The van der Waals surface area contributed by atoms with E-state index in [4.69, 9.17) is 0 Å². The van der Waals surface area contributed by atoms with Crippen LogP contribution in [0.25, 0.3) is 0 Å². The maximum absolute atomic E-state index is 11.8. The minimum absolute atomic E-state index is 0.0173. The van der Waals surface area contributed by atoms with Gasteiger partial charge in [0.2, 0.25) is 10.0 Å². The van der Waals surface area contributed by atoms with Crippen molar-refractivity contribution in [2.75, 3.05) is 27.2 Å². The summed E-state index contributed by atoms with van der Waals surface area (Å²) in [5.74, 6) is 1.99. The normalized spacial score (nSPS) is 20.2. The maximum Gasteiger partial charge on any atom is 0.215 e. The molecule has 0 radical (unpaired) electrons. The fourth-order valence-electron chi connectivity index (χ4n) is 4.17. The first-order chi connectivity index (χ1) is 14.4. The number of guanidine groups is 1. The summed E-state index contributed by atoms with van der Waals surface area (Å²) in [7, 11) is -0.0302. The topological polar surface area (TPSA) is 73.8 Å². The van der Waals surface area contributed by atoms with Gasteiger partial charge < -0.3 is 10.2 Å². The second-order valence-corrected chi connectivity index (χ2v) is 9.84. The second-order valence-electron chi connectivity index (χ2n) is 7.91. The summed E-state index contributed by atoms with van der Waals surface area (Å²) in [6.07, 6.45) is 1.10. The summed E-state index contributed by atoms with van der Waals surface area (Å²) in [6, 6.07) is 18.4. The molecular weight excluding hydrogens is 396 g/mol. The molecule has 2 N–H and O–H groups in total.